The SMILES string of the molecule is COc1ccc2nc(C(C)NC(=O)c3cc(NS(C)(=O)=O)ccc3O)[nH]c2c1. The molecule has 0 saturated heterocycles. The fourth-order valence-corrected chi connectivity index (χ4v) is 3.23. The third-order valence-electron chi connectivity index (χ3n) is 4.01. The number of phenolic OH excluding ortho intramolecular Hbond substituents is 1. The van der Waals surface area contributed by atoms with Gasteiger partial charge in [0.25, 0.3) is 5.91 Å². The van der Waals surface area contributed by atoms with Crippen LogP contribution in [0, 0.1) is 0 Å². The largest absolute Gasteiger partial charge is 0.507 e. The monoisotopic (exact) mass is 404 g/mol. The third-order valence-corrected chi connectivity index (χ3v) is 4.62. The maximum atomic E-state index is 12.6. The molecule has 1 amide bonds. The van der Waals surface area contributed by atoms with Crippen LogP contribution in [-0.4, -0.2) is 42.8 Å². The van der Waals surface area contributed by atoms with Crippen LogP contribution in [0.2, 0.25) is 0 Å². The number of amides is 1. The van der Waals surface area contributed by atoms with E-state index in [1.807, 2.05) is 0 Å². The van der Waals surface area contributed by atoms with Crippen molar-refractivity contribution < 1.29 is 23.1 Å². The Labute approximate surface area is 161 Å². The molecule has 1 aromatic heterocycles. The summed E-state index contributed by atoms with van der Waals surface area (Å²) >= 11 is 0. The van der Waals surface area contributed by atoms with Gasteiger partial charge in [-0.25, -0.2) is 13.4 Å². The molecule has 0 radical (unpaired) electrons. The molecule has 0 fully saturated rings. The van der Waals surface area contributed by atoms with Gasteiger partial charge in [0.1, 0.15) is 17.3 Å². The Morgan fingerprint density at radius 3 is 2.68 bits per heavy atom. The molecule has 148 valence electrons. The van der Waals surface area contributed by atoms with E-state index in [0.717, 1.165) is 17.3 Å². The molecule has 0 saturated carbocycles. The summed E-state index contributed by atoms with van der Waals surface area (Å²) in [6.07, 6.45) is 0.998. The Bertz CT molecular complexity index is 1140. The van der Waals surface area contributed by atoms with Crippen molar-refractivity contribution in [3.8, 4) is 11.5 Å². The van der Waals surface area contributed by atoms with E-state index in [-0.39, 0.29) is 17.0 Å². The second-order valence-corrected chi connectivity index (χ2v) is 8.05. The van der Waals surface area contributed by atoms with E-state index in [4.69, 9.17) is 4.74 Å². The minimum atomic E-state index is -3.51. The zero-order valence-electron chi connectivity index (χ0n) is 15.5. The van der Waals surface area contributed by atoms with Gasteiger partial charge in [0, 0.05) is 11.8 Å². The number of rotatable bonds is 6. The number of nitrogens with zero attached hydrogens (tertiary/aromatic N) is 1. The fourth-order valence-electron chi connectivity index (χ4n) is 2.68. The number of aromatic nitrogens is 2. The number of nitrogens with one attached hydrogen (secondary N) is 3. The summed E-state index contributed by atoms with van der Waals surface area (Å²) in [5.74, 6) is 0.374. The van der Waals surface area contributed by atoms with Crippen molar-refractivity contribution in [3.63, 3.8) is 0 Å². The highest BCUT2D eigenvalue weighted by Crippen LogP contribution is 2.24. The van der Waals surface area contributed by atoms with Crippen LogP contribution in [0.1, 0.15) is 29.1 Å². The summed E-state index contributed by atoms with van der Waals surface area (Å²) in [6.45, 7) is 1.74. The summed E-state index contributed by atoms with van der Waals surface area (Å²) in [5, 5.41) is 12.7. The van der Waals surface area contributed by atoms with Gasteiger partial charge in [0.2, 0.25) is 10.0 Å². The van der Waals surface area contributed by atoms with Gasteiger partial charge in [-0.15, -0.1) is 0 Å². The van der Waals surface area contributed by atoms with Crippen LogP contribution in [0.15, 0.2) is 36.4 Å². The minimum Gasteiger partial charge on any atom is -0.507 e. The number of aromatic hydroxyl groups is 1. The summed E-state index contributed by atoms with van der Waals surface area (Å²) in [5.41, 5.74) is 1.60. The number of benzene rings is 2. The lowest BCUT2D eigenvalue weighted by Gasteiger charge is -2.13. The quantitative estimate of drug-likeness (QED) is 0.465. The smallest absolute Gasteiger partial charge is 0.255 e. The van der Waals surface area contributed by atoms with Crippen LogP contribution in [0.5, 0.6) is 11.5 Å². The van der Waals surface area contributed by atoms with Crippen LogP contribution in [0.4, 0.5) is 5.69 Å². The van der Waals surface area contributed by atoms with Gasteiger partial charge in [0.05, 0.1) is 36.0 Å². The molecule has 0 aliphatic rings. The number of methoxy groups -OCH3 is 1. The van der Waals surface area contributed by atoms with Gasteiger partial charge in [-0.3, -0.25) is 9.52 Å². The van der Waals surface area contributed by atoms with Crippen molar-refractivity contribution in [2.24, 2.45) is 0 Å². The van der Waals surface area contributed by atoms with Crippen molar-refractivity contribution in [3.05, 3.63) is 47.8 Å². The average Bonchev–Trinajstić information content (AvgIpc) is 3.05. The maximum Gasteiger partial charge on any atom is 0.255 e. The summed E-state index contributed by atoms with van der Waals surface area (Å²) in [7, 11) is -1.94. The number of anilines is 1. The topological polar surface area (TPSA) is 133 Å². The zero-order chi connectivity index (χ0) is 20.5. The highest BCUT2D eigenvalue weighted by Gasteiger charge is 2.18. The molecule has 0 spiro atoms. The average molecular weight is 404 g/mol. The molecule has 28 heavy (non-hydrogen) atoms. The van der Waals surface area contributed by atoms with Crippen molar-refractivity contribution in [1.82, 2.24) is 15.3 Å². The lowest BCUT2D eigenvalue weighted by molar-refractivity contribution is 0.0936. The van der Waals surface area contributed by atoms with Gasteiger partial charge in [-0.05, 0) is 37.3 Å². The number of sulfonamides is 1. The molecular formula is C18H20N4O5S. The lowest BCUT2D eigenvalue weighted by atomic mass is 10.1. The standard InChI is InChI=1S/C18H20N4O5S/c1-10(17-20-14-6-5-12(27-2)9-15(14)21-17)19-18(24)13-8-11(4-7-16(13)23)22-28(3,25)26/h4-10,22-23H,1-3H3,(H,19,24)(H,20,21). The zero-order valence-corrected chi connectivity index (χ0v) is 16.3. The predicted octanol–water partition coefficient (Wildman–Crippen LogP) is 2.14. The predicted molar refractivity (Wildman–Crippen MR) is 105 cm³/mol. The van der Waals surface area contributed by atoms with Crippen molar-refractivity contribution in [2.45, 2.75) is 13.0 Å². The van der Waals surface area contributed by atoms with Crippen LogP contribution in [-0.2, 0) is 10.0 Å². The number of carbonyl (C=O) groups is 1. The highest BCUT2D eigenvalue weighted by molar-refractivity contribution is 7.92. The first-order chi connectivity index (χ1) is 13.2. The van der Waals surface area contributed by atoms with Crippen molar-refractivity contribution >= 4 is 32.7 Å². The molecule has 0 bridgehead atoms. The molecule has 1 heterocycles. The van der Waals surface area contributed by atoms with E-state index in [0.29, 0.717) is 11.6 Å². The summed E-state index contributed by atoms with van der Waals surface area (Å²) in [6, 6.07) is 8.78. The molecule has 3 rings (SSSR count). The molecule has 10 heteroatoms. The molecule has 0 aliphatic carbocycles. The van der Waals surface area contributed by atoms with Gasteiger partial charge in [-0.2, -0.15) is 0 Å². The number of hydrogen-bond acceptors (Lipinski definition) is 6. The van der Waals surface area contributed by atoms with Crippen molar-refractivity contribution in [1.29, 1.82) is 0 Å². The number of carbonyl (C=O) groups excluding carboxylic acids is 1. The molecule has 2 aromatic carbocycles. The van der Waals surface area contributed by atoms with Crippen LogP contribution in [0.25, 0.3) is 11.0 Å². The fraction of sp³-hybridized carbons (Fsp3) is 0.222. The lowest BCUT2D eigenvalue weighted by Crippen LogP contribution is -2.27. The van der Waals surface area contributed by atoms with E-state index in [1.165, 1.54) is 18.2 Å². The Hall–Kier alpha value is -3.27. The molecular weight excluding hydrogens is 384 g/mol. The number of ether oxygens (including phenoxy) is 1. The molecule has 9 nitrogen and oxygen atoms in total. The van der Waals surface area contributed by atoms with E-state index in [9.17, 15) is 18.3 Å². The van der Waals surface area contributed by atoms with Gasteiger partial charge in [0.15, 0.2) is 0 Å². The minimum absolute atomic E-state index is 0.0571. The van der Waals surface area contributed by atoms with E-state index < -0.39 is 22.0 Å². The number of fused-ring (bicyclic) bond motifs is 1. The second kappa shape index (κ2) is 7.39. The molecule has 0 aliphatic heterocycles. The number of aromatic amines is 1. The first kappa shape index (κ1) is 19.5. The third kappa shape index (κ3) is 4.34. The first-order valence-corrected chi connectivity index (χ1v) is 10.2. The number of hydrogen-bond donors (Lipinski definition) is 4. The Morgan fingerprint density at radius 2 is 2.00 bits per heavy atom. The summed E-state index contributed by atoms with van der Waals surface area (Å²) < 4.78 is 30.2. The molecule has 4 N–H and O–H groups in total. The van der Waals surface area contributed by atoms with Crippen LogP contribution in [0.3, 0.4) is 0 Å². The summed E-state index contributed by atoms with van der Waals surface area (Å²) in [4.78, 5) is 20.1. The molecule has 1 unspecified atom stereocenters. The number of imidazole rings is 1. The normalized spacial score (nSPS) is 12.5. The van der Waals surface area contributed by atoms with Crippen LogP contribution < -0.4 is 14.8 Å². The second-order valence-electron chi connectivity index (χ2n) is 6.31. The maximum absolute atomic E-state index is 12.6. The Balaban J connectivity index is 1.81. The number of H-pyrrole nitrogens is 1. The van der Waals surface area contributed by atoms with Gasteiger partial charge < -0.3 is 20.1 Å². The van der Waals surface area contributed by atoms with Gasteiger partial charge >= 0.3 is 0 Å². The Kier molecular flexibility index (Phi) is 5.14. The first-order valence-electron chi connectivity index (χ1n) is 8.31. The van der Waals surface area contributed by atoms with E-state index >= 15 is 0 Å². The van der Waals surface area contributed by atoms with E-state index in [1.54, 1.807) is 32.2 Å². The molecule has 3 aromatic rings. The molecule has 1 atom stereocenters. The van der Waals surface area contributed by atoms with Gasteiger partial charge in [-0.1, -0.05) is 0 Å². The highest BCUT2D eigenvalue weighted by atomic mass is 32.2. The Morgan fingerprint density at radius 1 is 1.25 bits per heavy atom. The number of phenols is 1. The van der Waals surface area contributed by atoms with Crippen LogP contribution >= 0.6 is 0 Å². The van der Waals surface area contributed by atoms with Crippen molar-refractivity contribution in [2.75, 3.05) is 18.1 Å². The van der Waals surface area contributed by atoms with E-state index in [2.05, 4.69) is 20.0 Å².